The maximum absolute atomic E-state index is 13.7. The molecular weight excluding hydrogens is 423 g/mol. The molecule has 0 saturated heterocycles. The number of nitrogens with one attached hydrogen (secondary N) is 1. The molecule has 1 atom stereocenters. The Balaban J connectivity index is 1.58. The van der Waals surface area contributed by atoms with Gasteiger partial charge in [-0.15, -0.1) is 11.3 Å². The van der Waals surface area contributed by atoms with Crippen LogP contribution in [0.2, 0.25) is 0 Å². The van der Waals surface area contributed by atoms with E-state index in [4.69, 9.17) is 4.74 Å². The van der Waals surface area contributed by atoms with E-state index >= 15 is 0 Å². The summed E-state index contributed by atoms with van der Waals surface area (Å²) in [6, 6.07) is 15.7. The first-order chi connectivity index (χ1) is 14.5. The van der Waals surface area contributed by atoms with E-state index in [1.54, 1.807) is 11.3 Å². The Hall–Kier alpha value is -2.26. The summed E-state index contributed by atoms with van der Waals surface area (Å²) < 4.78 is 47.4. The van der Waals surface area contributed by atoms with Gasteiger partial charge < -0.3 is 4.74 Å². The summed E-state index contributed by atoms with van der Waals surface area (Å²) in [7, 11) is -2.58. The fraction of sp³-hybridized carbons (Fsp3) is 0.273. The van der Waals surface area contributed by atoms with Crippen LogP contribution in [0.15, 0.2) is 64.9 Å². The number of hydrogen-bond donors (Lipinski definition) is 1. The van der Waals surface area contributed by atoms with E-state index in [-0.39, 0.29) is 23.2 Å². The highest BCUT2D eigenvalue weighted by Crippen LogP contribution is 2.31. The molecular formula is C22H23FN2O3S2. The number of thiophene rings is 1. The van der Waals surface area contributed by atoms with Crippen LogP contribution in [-0.4, -0.2) is 33.5 Å². The molecule has 0 amide bonds. The highest BCUT2D eigenvalue weighted by molar-refractivity contribution is 7.89. The third-order valence-corrected chi connectivity index (χ3v) is 7.77. The van der Waals surface area contributed by atoms with Crippen molar-refractivity contribution in [2.24, 2.45) is 0 Å². The summed E-state index contributed by atoms with van der Waals surface area (Å²) in [5.41, 5.74) is 2.60. The fourth-order valence-electron chi connectivity index (χ4n) is 3.80. The predicted molar refractivity (Wildman–Crippen MR) is 116 cm³/mol. The largest absolute Gasteiger partial charge is 0.495 e. The van der Waals surface area contributed by atoms with Gasteiger partial charge in [0.05, 0.1) is 13.2 Å². The molecule has 0 aliphatic carbocycles. The maximum atomic E-state index is 13.7. The van der Waals surface area contributed by atoms with Gasteiger partial charge in [0, 0.05) is 24.5 Å². The molecule has 0 bridgehead atoms. The second-order valence-electron chi connectivity index (χ2n) is 7.17. The standard InChI is InChI=1S/C22H23FN2O3S2/c1-28-20-9-8-18(23)13-22(20)30(26,27)24-14-19(21-7-4-12-29-21)25-11-10-16-5-2-3-6-17(16)15-25/h2-9,12-13,19,24H,10-11,14-15H2,1H3/t19-/m0/s1. The van der Waals surface area contributed by atoms with Crippen LogP contribution in [0.4, 0.5) is 4.39 Å². The first-order valence-electron chi connectivity index (χ1n) is 9.65. The monoisotopic (exact) mass is 446 g/mol. The van der Waals surface area contributed by atoms with E-state index in [0.717, 1.165) is 30.5 Å². The SMILES string of the molecule is COc1ccc(F)cc1S(=O)(=O)NC[C@@H](c1cccs1)N1CCc2ccccc2C1. The summed E-state index contributed by atoms with van der Waals surface area (Å²) >= 11 is 1.60. The molecule has 2 aromatic carbocycles. The quantitative estimate of drug-likeness (QED) is 0.597. The molecule has 0 saturated carbocycles. The summed E-state index contributed by atoms with van der Waals surface area (Å²) in [6.45, 7) is 1.78. The summed E-state index contributed by atoms with van der Waals surface area (Å²) in [5, 5.41) is 1.99. The highest BCUT2D eigenvalue weighted by atomic mass is 32.2. The van der Waals surface area contributed by atoms with Crippen LogP contribution >= 0.6 is 11.3 Å². The number of rotatable bonds is 7. The van der Waals surface area contributed by atoms with E-state index in [0.29, 0.717) is 0 Å². The molecule has 1 aromatic heterocycles. The Bertz CT molecular complexity index is 1120. The average Bonchev–Trinajstić information content (AvgIpc) is 3.28. The van der Waals surface area contributed by atoms with Gasteiger partial charge in [0.1, 0.15) is 16.5 Å². The van der Waals surface area contributed by atoms with Gasteiger partial charge in [-0.2, -0.15) is 0 Å². The van der Waals surface area contributed by atoms with Crippen molar-refractivity contribution in [2.45, 2.75) is 23.9 Å². The lowest BCUT2D eigenvalue weighted by Crippen LogP contribution is -2.40. The number of sulfonamides is 1. The molecule has 0 fully saturated rings. The number of halogens is 1. The molecule has 1 aliphatic rings. The van der Waals surface area contributed by atoms with Gasteiger partial charge in [0.15, 0.2) is 0 Å². The van der Waals surface area contributed by atoms with Crippen LogP contribution < -0.4 is 9.46 Å². The fourth-order valence-corrected chi connectivity index (χ4v) is 5.88. The Labute approximate surface area is 180 Å². The van der Waals surface area contributed by atoms with Crippen LogP contribution in [0.3, 0.4) is 0 Å². The van der Waals surface area contributed by atoms with Crippen molar-refractivity contribution < 1.29 is 17.5 Å². The van der Waals surface area contributed by atoms with Gasteiger partial charge in [0.25, 0.3) is 0 Å². The molecule has 8 heteroatoms. The summed E-state index contributed by atoms with van der Waals surface area (Å²) in [5.74, 6) is -0.512. The molecule has 0 spiro atoms. The molecule has 158 valence electrons. The second kappa shape index (κ2) is 8.85. The minimum atomic E-state index is -3.95. The third-order valence-electron chi connectivity index (χ3n) is 5.35. The molecule has 0 unspecified atom stereocenters. The number of hydrogen-bond acceptors (Lipinski definition) is 5. The van der Waals surface area contributed by atoms with Crippen LogP contribution in [0, 0.1) is 5.82 Å². The normalized spacial score (nSPS) is 15.5. The Morgan fingerprint density at radius 1 is 1.17 bits per heavy atom. The summed E-state index contributed by atoms with van der Waals surface area (Å²) in [4.78, 5) is 3.18. The van der Waals surface area contributed by atoms with Crippen LogP contribution in [0.1, 0.15) is 22.0 Å². The van der Waals surface area contributed by atoms with Crippen molar-refractivity contribution in [2.75, 3.05) is 20.2 Å². The number of benzene rings is 2. The lowest BCUT2D eigenvalue weighted by molar-refractivity contribution is 0.183. The minimum absolute atomic E-state index is 0.114. The van der Waals surface area contributed by atoms with Crippen molar-refractivity contribution in [3.63, 3.8) is 0 Å². The van der Waals surface area contributed by atoms with Gasteiger partial charge in [-0.1, -0.05) is 30.3 Å². The predicted octanol–water partition coefficient (Wildman–Crippen LogP) is 3.97. The van der Waals surface area contributed by atoms with E-state index in [1.165, 1.54) is 30.4 Å². The first kappa shape index (κ1) is 21.0. The Kier molecular flexibility index (Phi) is 6.19. The molecule has 2 heterocycles. The van der Waals surface area contributed by atoms with Gasteiger partial charge in [-0.05, 0) is 47.2 Å². The smallest absolute Gasteiger partial charge is 0.244 e. The molecule has 0 radical (unpaired) electrons. The van der Waals surface area contributed by atoms with Crippen LogP contribution in [0.5, 0.6) is 5.75 Å². The van der Waals surface area contributed by atoms with Gasteiger partial charge in [0.2, 0.25) is 10.0 Å². The zero-order valence-electron chi connectivity index (χ0n) is 16.5. The zero-order valence-corrected chi connectivity index (χ0v) is 18.2. The molecule has 4 rings (SSSR count). The lowest BCUT2D eigenvalue weighted by Gasteiger charge is -2.35. The number of ether oxygens (including phenoxy) is 1. The average molecular weight is 447 g/mol. The maximum Gasteiger partial charge on any atom is 0.244 e. The van der Waals surface area contributed by atoms with Gasteiger partial charge >= 0.3 is 0 Å². The van der Waals surface area contributed by atoms with Crippen molar-refractivity contribution in [1.82, 2.24) is 9.62 Å². The van der Waals surface area contributed by atoms with Crippen molar-refractivity contribution in [1.29, 1.82) is 0 Å². The number of methoxy groups -OCH3 is 1. The van der Waals surface area contributed by atoms with E-state index < -0.39 is 15.8 Å². The van der Waals surface area contributed by atoms with Crippen molar-refractivity contribution >= 4 is 21.4 Å². The van der Waals surface area contributed by atoms with Crippen molar-refractivity contribution in [3.05, 3.63) is 81.8 Å². The van der Waals surface area contributed by atoms with Gasteiger partial charge in [-0.25, -0.2) is 17.5 Å². The first-order valence-corrected chi connectivity index (χ1v) is 12.0. The number of nitrogens with zero attached hydrogens (tertiary/aromatic N) is 1. The topological polar surface area (TPSA) is 58.6 Å². The lowest BCUT2D eigenvalue weighted by atomic mass is 9.98. The second-order valence-corrected chi connectivity index (χ2v) is 9.88. The molecule has 1 aliphatic heterocycles. The third kappa shape index (κ3) is 4.41. The molecule has 3 aromatic rings. The van der Waals surface area contributed by atoms with Crippen LogP contribution in [0.25, 0.3) is 0 Å². The van der Waals surface area contributed by atoms with E-state index in [9.17, 15) is 12.8 Å². The minimum Gasteiger partial charge on any atom is -0.495 e. The highest BCUT2D eigenvalue weighted by Gasteiger charge is 2.28. The molecule has 30 heavy (non-hydrogen) atoms. The Morgan fingerprint density at radius 3 is 2.70 bits per heavy atom. The van der Waals surface area contributed by atoms with E-state index in [2.05, 4.69) is 21.8 Å². The molecule has 1 N–H and O–H groups in total. The van der Waals surface area contributed by atoms with E-state index in [1.807, 2.05) is 29.6 Å². The zero-order chi connectivity index (χ0) is 21.1. The van der Waals surface area contributed by atoms with Gasteiger partial charge in [-0.3, -0.25) is 4.90 Å². The Morgan fingerprint density at radius 2 is 1.97 bits per heavy atom. The number of fused-ring (bicyclic) bond motifs is 1. The molecule has 5 nitrogen and oxygen atoms in total. The van der Waals surface area contributed by atoms with Crippen LogP contribution in [-0.2, 0) is 23.0 Å². The summed E-state index contributed by atoms with van der Waals surface area (Å²) in [6.07, 6.45) is 0.919. The van der Waals surface area contributed by atoms with Crippen molar-refractivity contribution in [3.8, 4) is 5.75 Å².